The van der Waals surface area contributed by atoms with Gasteiger partial charge in [-0.1, -0.05) is 25.6 Å². The average molecular weight is 283 g/mol. The van der Waals surface area contributed by atoms with Gasteiger partial charge < -0.3 is 5.11 Å². The third-order valence-electron chi connectivity index (χ3n) is 2.26. The van der Waals surface area contributed by atoms with Crippen molar-refractivity contribution in [3.8, 4) is 5.69 Å². The number of nitrogens with zero attached hydrogens (tertiary/aromatic N) is 3. The first-order valence-corrected chi connectivity index (χ1v) is 7.35. The highest BCUT2D eigenvalue weighted by Crippen LogP contribution is 2.26. The lowest BCUT2D eigenvalue weighted by atomic mass is 10.2. The molecule has 2 rings (SSSR count). The van der Waals surface area contributed by atoms with E-state index in [0.717, 1.165) is 11.5 Å². The Kier molecular flexibility index (Phi) is 4.03. The van der Waals surface area contributed by atoms with Gasteiger partial charge in [0.25, 0.3) is 0 Å². The normalized spacial score (nSPS) is 11.1. The second kappa shape index (κ2) is 5.53. The molecule has 0 saturated carbocycles. The zero-order valence-corrected chi connectivity index (χ0v) is 11.7. The molecule has 0 atom stereocenters. The van der Waals surface area contributed by atoms with Gasteiger partial charge in [0.1, 0.15) is 5.82 Å². The van der Waals surface area contributed by atoms with Gasteiger partial charge in [-0.15, -0.1) is 10.2 Å². The predicted octanol–water partition coefficient (Wildman–Crippen LogP) is 2.63. The first-order valence-electron chi connectivity index (χ1n) is 5.42. The first kappa shape index (κ1) is 13.1. The molecule has 0 amide bonds. The number of thioether (sulfide) groups is 1. The van der Waals surface area contributed by atoms with E-state index in [-0.39, 0.29) is 11.7 Å². The molecular formula is C11H13N3O2S2. The van der Waals surface area contributed by atoms with Crippen LogP contribution in [0, 0.1) is 0 Å². The molecule has 18 heavy (non-hydrogen) atoms. The van der Waals surface area contributed by atoms with Crippen molar-refractivity contribution < 1.29 is 9.90 Å². The van der Waals surface area contributed by atoms with Crippen LogP contribution in [-0.2, 0) is 4.79 Å². The fourth-order valence-electron chi connectivity index (χ4n) is 1.50. The van der Waals surface area contributed by atoms with E-state index in [1.54, 1.807) is 11.3 Å². The van der Waals surface area contributed by atoms with Crippen LogP contribution in [0.3, 0.4) is 0 Å². The van der Waals surface area contributed by atoms with Gasteiger partial charge in [-0.25, -0.2) is 0 Å². The van der Waals surface area contributed by atoms with E-state index < -0.39 is 5.97 Å². The van der Waals surface area contributed by atoms with Crippen LogP contribution in [0.2, 0.25) is 0 Å². The second-order valence-electron chi connectivity index (χ2n) is 3.99. The zero-order chi connectivity index (χ0) is 13.1. The lowest BCUT2D eigenvalue weighted by molar-refractivity contribution is -0.133. The molecule has 0 saturated heterocycles. The predicted molar refractivity (Wildman–Crippen MR) is 71.7 cm³/mol. The summed E-state index contributed by atoms with van der Waals surface area (Å²) in [4.78, 5) is 10.6. The van der Waals surface area contributed by atoms with Crippen molar-refractivity contribution in [2.45, 2.75) is 24.9 Å². The molecule has 7 heteroatoms. The number of thiophene rings is 1. The number of hydrogen-bond acceptors (Lipinski definition) is 5. The SMILES string of the molecule is CC(C)c1nnc(SCC(=O)O)n1-c1ccsc1. The summed E-state index contributed by atoms with van der Waals surface area (Å²) in [5, 5.41) is 21.6. The van der Waals surface area contributed by atoms with E-state index in [1.165, 1.54) is 11.8 Å². The number of aliphatic carboxylic acids is 1. The maximum absolute atomic E-state index is 10.6. The standard InChI is InChI=1S/C11H13N3O2S2/c1-7(2)10-12-13-11(18-6-9(15)16)14(10)8-3-4-17-5-8/h3-5,7H,6H2,1-2H3,(H,15,16). The molecule has 5 nitrogen and oxygen atoms in total. The van der Waals surface area contributed by atoms with Crippen LogP contribution in [0.1, 0.15) is 25.6 Å². The van der Waals surface area contributed by atoms with Crippen LogP contribution in [0.15, 0.2) is 22.0 Å². The highest BCUT2D eigenvalue weighted by molar-refractivity contribution is 7.99. The summed E-state index contributed by atoms with van der Waals surface area (Å²) in [6, 6.07) is 1.98. The van der Waals surface area contributed by atoms with Crippen LogP contribution >= 0.6 is 23.1 Å². The number of carboxylic acids is 1. The Morgan fingerprint density at radius 2 is 2.33 bits per heavy atom. The second-order valence-corrected chi connectivity index (χ2v) is 5.72. The zero-order valence-electron chi connectivity index (χ0n) is 10.0. The topological polar surface area (TPSA) is 68.0 Å². The van der Waals surface area contributed by atoms with Crippen LogP contribution in [-0.4, -0.2) is 31.6 Å². The summed E-state index contributed by atoms with van der Waals surface area (Å²) in [5.74, 6) is 0.212. The van der Waals surface area contributed by atoms with E-state index >= 15 is 0 Å². The molecule has 2 heterocycles. The number of carbonyl (C=O) groups is 1. The van der Waals surface area contributed by atoms with Gasteiger partial charge >= 0.3 is 5.97 Å². The van der Waals surface area contributed by atoms with Gasteiger partial charge in [0, 0.05) is 11.3 Å². The highest BCUT2D eigenvalue weighted by Gasteiger charge is 2.17. The van der Waals surface area contributed by atoms with Crippen LogP contribution in [0.5, 0.6) is 0 Å². The van der Waals surface area contributed by atoms with Crippen LogP contribution in [0.4, 0.5) is 0 Å². The van der Waals surface area contributed by atoms with Gasteiger partial charge in [0.2, 0.25) is 0 Å². The van der Waals surface area contributed by atoms with E-state index in [2.05, 4.69) is 10.2 Å². The minimum absolute atomic E-state index is 0.0135. The summed E-state index contributed by atoms with van der Waals surface area (Å²) in [5.41, 5.74) is 0.988. The summed E-state index contributed by atoms with van der Waals surface area (Å²) in [6.07, 6.45) is 0. The van der Waals surface area contributed by atoms with Gasteiger partial charge in [-0.05, 0) is 11.4 Å². The summed E-state index contributed by atoms with van der Waals surface area (Å²) in [6.45, 7) is 4.08. The lowest BCUT2D eigenvalue weighted by Crippen LogP contribution is -2.05. The van der Waals surface area contributed by atoms with Gasteiger partial charge in [0.15, 0.2) is 5.16 Å². The van der Waals surface area contributed by atoms with E-state index in [0.29, 0.717) is 5.16 Å². The van der Waals surface area contributed by atoms with Gasteiger partial charge in [-0.2, -0.15) is 11.3 Å². The maximum atomic E-state index is 10.6. The molecule has 0 spiro atoms. The Labute approximate surface area is 113 Å². The van der Waals surface area contributed by atoms with Crippen molar-refractivity contribution >= 4 is 29.1 Å². The lowest BCUT2D eigenvalue weighted by Gasteiger charge is -2.09. The third kappa shape index (κ3) is 2.73. The largest absolute Gasteiger partial charge is 0.481 e. The van der Waals surface area contributed by atoms with Gasteiger partial charge in [0.05, 0.1) is 11.4 Å². The molecule has 2 aromatic rings. The molecule has 2 aromatic heterocycles. The Balaban J connectivity index is 2.38. The summed E-state index contributed by atoms with van der Waals surface area (Å²) < 4.78 is 1.93. The molecule has 0 aliphatic rings. The molecule has 96 valence electrons. The molecule has 0 radical (unpaired) electrons. The Bertz CT molecular complexity index is 534. The number of rotatable bonds is 5. The van der Waals surface area contributed by atoms with Crippen molar-refractivity contribution in [2.75, 3.05) is 5.75 Å². The summed E-state index contributed by atoms with van der Waals surface area (Å²) in [7, 11) is 0. The quantitative estimate of drug-likeness (QED) is 0.854. The fraction of sp³-hybridized carbons (Fsp3) is 0.364. The van der Waals surface area contributed by atoms with Crippen LogP contribution in [0.25, 0.3) is 5.69 Å². The van der Waals surface area contributed by atoms with Crippen molar-refractivity contribution in [1.29, 1.82) is 0 Å². The average Bonchev–Trinajstić information content (AvgIpc) is 2.94. The number of aromatic nitrogens is 3. The van der Waals surface area contributed by atoms with Gasteiger partial charge in [-0.3, -0.25) is 9.36 Å². The number of carboxylic acid groups (broad SMARTS) is 1. The molecule has 0 fully saturated rings. The Morgan fingerprint density at radius 1 is 1.56 bits per heavy atom. The fourth-order valence-corrected chi connectivity index (χ4v) is 2.80. The smallest absolute Gasteiger partial charge is 0.313 e. The van der Waals surface area contributed by atoms with Crippen molar-refractivity contribution in [3.05, 3.63) is 22.7 Å². The Hall–Kier alpha value is -1.34. The number of hydrogen-bond donors (Lipinski definition) is 1. The van der Waals surface area contributed by atoms with Crippen molar-refractivity contribution in [3.63, 3.8) is 0 Å². The van der Waals surface area contributed by atoms with Crippen molar-refractivity contribution in [2.24, 2.45) is 0 Å². The molecule has 0 aliphatic heterocycles. The Morgan fingerprint density at radius 3 is 2.89 bits per heavy atom. The molecule has 0 aliphatic carbocycles. The molecule has 0 aromatic carbocycles. The first-order chi connectivity index (χ1) is 8.59. The van der Waals surface area contributed by atoms with E-state index in [4.69, 9.17) is 5.11 Å². The minimum atomic E-state index is -0.856. The van der Waals surface area contributed by atoms with Crippen LogP contribution < -0.4 is 0 Å². The molecule has 0 bridgehead atoms. The highest BCUT2D eigenvalue weighted by atomic mass is 32.2. The van der Waals surface area contributed by atoms with E-state index in [1.807, 2.05) is 35.2 Å². The summed E-state index contributed by atoms with van der Waals surface area (Å²) >= 11 is 2.78. The monoisotopic (exact) mass is 283 g/mol. The molecular weight excluding hydrogens is 270 g/mol. The molecule has 1 N–H and O–H groups in total. The maximum Gasteiger partial charge on any atom is 0.313 e. The van der Waals surface area contributed by atoms with E-state index in [9.17, 15) is 4.79 Å². The molecule has 0 unspecified atom stereocenters. The van der Waals surface area contributed by atoms with Crippen molar-refractivity contribution in [1.82, 2.24) is 14.8 Å². The third-order valence-corrected chi connectivity index (χ3v) is 3.85. The minimum Gasteiger partial charge on any atom is -0.481 e.